The molecular formula is C41H58N10O14S. The third-order valence-corrected chi connectivity index (χ3v) is 13.7. The van der Waals surface area contributed by atoms with E-state index in [-0.39, 0.29) is 10.6 Å². The fourth-order valence-corrected chi connectivity index (χ4v) is 9.73. The van der Waals surface area contributed by atoms with Gasteiger partial charge in [-0.15, -0.1) is 0 Å². The molecule has 11 atom stereocenters. The minimum Gasteiger partial charge on any atom is -0.497 e. The van der Waals surface area contributed by atoms with Gasteiger partial charge in [0.15, 0.2) is 0 Å². The molecule has 1 aromatic carbocycles. The van der Waals surface area contributed by atoms with Crippen molar-refractivity contribution in [3.63, 3.8) is 0 Å². The van der Waals surface area contributed by atoms with Crippen LogP contribution >= 0.6 is 0 Å². The Labute approximate surface area is 381 Å². The summed E-state index contributed by atoms with van der Waals surface area (Å²) >= 11 is 0. The second-order valence-electron chi connectivity index (χ2n) is 16.7. The second-order valence-corrected chi connectivity index (χ2v) is 18.1. The molecule has 5 rings (SSSR count). The van der Waals surface area contributed by atoms with E-state index in [1.807, 2.05) is 0 Å². The summed E-state index contributed by atoms with van der Waals surface area (Å²) in [5, 5.41) is 49.1. The van der Waals surface area contributed by atoms with E-state index in [0.717, 1.165) is 4.90 Å². The van der Waals surface area contributed by atoms with E-state index < -0.39 is 176 Å². The van der Waals surface area contributed by atoms with Gasteiger partial charge in [0.2, 0.25) is 53.2 Å². The molecule has 4 heterocycles. The molecular weight excluding hydrogens is 889 g/mol. The van der Waals surface area contributed by atoms with Gasteiger partial charge in [-0.25, -0.2) is 0 Å². The summed E-state index contributed by atoms with van der Waals surface area (Å²) in [4.78, 5) is 125. The average molecular weight is 947 g/mol. The molecule has 9 amide bonds. The van der Waals surface area contributed by atoms with Crippen LogP contribution in [-0.2, 0) is 67.4 Å². The summed E-state index contributed by atoms with van der Waals surface area (Å²) in [6.45, 7) is 1.85. The molecule has 0 spiro atoms. The predicted octanol–water partition coefficient (Wildman–Crippen LogP) is -5.61. The van der Waals surface area contributed by atoms with E-state index in [1.165, 1.54) is 25.6 Å². The molecule has 12 N–H and O–H groups in total. The van der Waals surface area contributed by atoms with Crippen LogP contribution in [0.15, 0.2) is 23.2 Å². The van der Waals surface area contributed by atoms with Crippen molar-refractivity contribution in [2.24, 2.45) is 24.6 Å². The molecule has 362 valence electrons. The number of hydrogen-bond acceptors (Lipinski definition) is 14. The minimum absolute atomic E-state index is 0.0189. The largest absolute Gasteiger partial charge is 0.497 e. The van der Waals surface area contributed by atoms with Crippen molar-refractivity contribution in [3.8, 4) is 5.75 Å². The lowest BCUT2D eigenvalue weighted by molar-refractivity contribution is -0.144. The van der Waals surface area contributed by atoms with Crippen LogP contribution in [0.2, 0.25) is 0 Å². The number of rotatable bonds is 8. The van der Waals surface area contributed by atoms with Crippen LogP contribution in [0.1, 0.15) is 45.6 Å². The first kappa shape index (κ1) is 50.8. The summed E-state index contributed by atoms with van der Waals surface area (Å²) in [7, 11) is 0.602. The van der Waals surface area contributed by atoms with E-state index in [9.17, 15) is 62.7 Å². The van der Waals surface area contributed by atoms with Crippen LogP contribution in [0, 0.1) is 11.8 Å². The summed E-state index contributed by atoms with van der Waals surface area (Å²) in [5.41, 5.74) is 6.09. The summed E-state index contributed by atoms with van der Waals surface area (Å²) in [6.07, 6.45) is -4.32. The Hall–Kier alpha value is -6.18. The standard InChI is InChI=1S/C41H58N10O14S/c1-6-18(2)33-38(61)44-13-31(56)45-26-17-66(64)41-23(22-8-7-21(65-5)10-27(22)50(41)4)11-24(35(58)43-14-32(57)48-33)46-39(62)34(19(3)29(54)16-52)49-37(60)28-9-20(53)15-51(28)40(63)25(12-30(42)55)47-36(26)59/h7-8,10,18-20,24-26,28-29,33-34,52-54H,6,9,11-17H2,1-5H3,(H2,42,55)(H,43,58)(H,44,61)(H,45,56)(H,46,62)(H,47,59)(H,48,57)(H,49,60). The molecule has 2 bridgehead atoms. The number of fused-ring (bicyclic) bond motifs is 5. The van der Waals surface area contributed by atoms with Crippen molar-refractivity contribution < 1.29 is 67.4 Å². The number of primary amides is 1. The molecule has 11 unspecified atom stereocenters. The highest BCUT2D eigenvalue weighted by Gasteiger charge is 2.45. The number of methoxy groups -OCH3 is 1. The van der Waals surface area contributed by atoms with Gasteiger partial charge in [-0.2, -0.15) is 0 Å². The maximum atomic E-state index is 14.9. The normalized spacial score (nSPS) is 28.0. The smallest absolute Gasteiger partial charge is 0.246 e. The molecule has 0 aliphatic carbocycles. The molecule has 3 aliphatic rings. The van der Waals surface area contributed by atoms with Crippen LogP contribution < -0.4 is 47.7 Å². The molecule has 1 aromatic heterocycles. The molecule has 1 saturated heterocycles. The number of nitrogens with zero attached hydrogens (tertiary/aromatic N) is 2. The SMILES string of the molecule is CCC(C)C1NC(=O)CNC(=O)C2Cc3c(n(C)c4cc(OC)ccc34)S(=O)CC(NC(=O)CNC1=O)C(=O)NC(CC(N)=O)C(=O)N1CC(O)CC1C(=O)NC(C(C)C(O)CO)C(=O)N2. The number of hydrogen-bond donors (Lipinski definition) is 11. The number of carbonyl (C=O) groups is 9. The number of aliphatic hydroxyl groups excluding tert-OH is 3. The summed E-state index contributed by atoms with van der Waals surface area (Å²) < 4.78 is 21.8. The number of benzene rings is 1. The van der Waals surface area contributed by atoms with Crippen molar-refractivity contribution >= 4 is 74.9 Å². The van der Waals surface area contributed by atoms with Crippen LogP contribution in [0.5, 0.6) is 5.75 Å². The Morgan fingerprint density at radius 3 is 2.20 bits per heavy atom. The number of aryl methyl sites for hydroxylation is 1. The van der Waals surface area contributed by atoms with Crippen LogP contribution in [0.25, 0.3) is 10.9 Å². The fraction of sp³-hybridized carbons (Fsp3) is 0.585. The van der Waals surface area contributed by atoms with Gasteiger partial charge in [-0.3, -0.25) is 47.4 Å². The van der Waals surface area contributed by atoms with Crippen molar-refractivity contribution in [2.45, 2.75) is 99.9 Å². The summed E-state index contributed by atoms with van der Waals surface area (Å²) in [6, 6.07) is -5.07. The highest BCUT2D eigenvalue weighted by molar-refractivity contribution is 7.85. The summed E-state index contributed by atoms with van der Waals surface area (Å²) in [5.74, 6) is -11.2. The number of ether oxygens (including phenoxy) is 1. The Morgan fingerprint density at radius 2 is 1.56 bits per heavy atom. The predicted molar refractivity (Wildman–Crippen MR) is 232 cm³/mol. The van der Waals surface area contributed by atoms with Crippen molar-refractivity contribution in [2.75, 3.05) is 39.1 Å². The molecule has 0 radical (unpaired) electrons. The molecule has 66 heavy (non-hydrogen) atoms. The van der Waals surface area contributed by atoms with Gasteiger partial charge in [0.05, 0.1) is 67.5 Å². The molecule has 1 fully saturated rings. The highest BCUT2D eigenvalue weighted by atomic mass is 32.2. The van der Waals surface area contributed by atoms with Crippen molar-refractivity contribution in [1.82, 2.24) is 46.7 Å². The lowest BCUT2D eigenvalue weighted by Crippen LogP contribution is -2.62. The van der Waals surface area contributed by atoms with Gasteiger partial charge >= 0.3 is 0 Å². The average Bonchev–Trinajstić information content (AvgIpc) is 3.81. The second kappa shape index (κ2) is 21.9. The topological polar surface area (TPSA) is 359 Å². The number of carbonyl (C=O) groups excluding carboxylic acids is 9. The van der Waals surface area contributed by atoms with Crippen molar-refractivity contribution in [1.29, 1.82) is 0 Å². The first-order valence-electron chi connectivity index (χ1n) is 21.3. The van der Waals surface area contributed by atoms with Crippen LogP contribution in [0.3, 0.4) is 0 Å². The van der Waals surface area contributed by atoms with Gasteiger partial charge in [0.1, 0.15) is 47.0 Å². The Balaban J connectivity index is 1.77. The lowest BCUT2D eigenvalue weighted by atomic mass is 9.93. The van der Waals surface area contributed by atoms with Gasteiger partial charge in [-0.05, 0) is 23.6 Å². The zero-order valence-corrected chi connectivity index (χ0v) is 37.9. The van der Waals surface area contributed by atoms with Gasteiger partial charge in [0, 0.05) is 43.8 Å². The van der Waals surface area contributed by atoms with E-state index >= 15 is 0 Å². The van der Waals surface area contributed by atoms with E-state index in [1.54, 1.807) is 32.0 Å². The monoisotopic (exact) mass is 946 g/mol. The Morgan fingerprint density at radius 1 is 0.894 bits per heavy atom. The zero-order valence-electron chi connectivity index (χ0n) is 37.1. The maximum Gasteiger partial charge on any atom is 0.246 e. The quantitative estimate of drug-likeness (QED) is 0.118. The minimum atomic E-state index is -2.34. The molecule has 24 nitrogen and oxygen atoms in total. The highest BCUT2D eigenvalue weighted by Crippen LogP contribution is 2.32. The molecule has 0 saturated carbocycles. The lowest BCUT2D eigenvalue weighted by Gasteiger charge is -2.32. The maximum absolute atomic E-state index is 14.9. The Kier molecular flexibility index (Phi) is 16.8. The molecule has 2 aromatic rings. The molecule has 25 heteroatoms. The van der Waals surface area contributed by atoms with E-state index in [4.69, 9.17) is 10.5 Å². The van der Waals surface area contributed by atoms with Crippen LogP contribution in [0.4, 0.5) is 0 Å². The zero-order chi connectivity index (χ0) is 48.7. The van der Waals surface area contributed by atoms with Crippen LogP contribution in [-0.4, -0.2) is 170 Å². The third kappa shape index (κ3) is 11.6. The third-order valence-electron chi connectivity index (χ3n) is 12.1. The fourth-order valence-electron chi connectivity index (χ4n) is 8.17. The van der Waals surface area contributed by atoms with E-state index in [2.05, 4.69) is 37.2 Å². The van der Waals surface area contributed by atoms with Gasteiger partial charge < -0.3 is 72.5 Å². The first-order chi connectivity index (χ1) is 31.2. The number of nitrogens with one attached hydrogen (secondary N) is 7. The number of aliphatic hydroxyl groups is 3. The van der Waals surface area contributed by atoms with Gasteiger partial charge in [0.25, 0.3) is 0 Å². The molecule has 3 aliphatic heterocycles. The van der Waals surface area contributed by atoms with E-state index in [0.29, 0.717) is 23.1 Å². The first-order valence-corrected chi connectivity index (χ1v) is 22.7. The number of nitrogens with two attached hydrogens (primary N) is 1. The number of amides is 9. The van der Waals surface area contributed by atoms with Gasteiger partial charge in [-0.1, -0.05) is 27.2 Å². The van der Waals surface area contributed by atoms with Crippen molar-refractivity contribution in [3.05, 3.63) is 23.8 Å². The Bertz CT molecular complexity index is 2270. The number of aromatic nitrogens is 1.